The number of rotatable bonds is 8. The van der Waals surface area contributed by atoms with Crippen molar-refractivity contribution in [3.05, 3.63) is 76.3 Å². The number of nitrogens with zero attached hydrogens (tertiary/aromatic N) is 1. The molecule has 1 N–H and O–H groups in total. The lowest BCUT2D eigenvalue weighted by Crippen LogP contribution is -2.14. The first kappa shape index (κ1) is 26.0. The number of pyridine rings is 1. The Labute approximate surface area is 222 Å². The van der Waals surface area contributed by atoms with Crippen molar-refractivity contribution in [3.63, 3.8) is 0 Å². The van der Waals surface area contributed by atoms with Crippen molar-refractivity contribution in [1.82, 2.24) is 4.98 Å². The van der Waals surface area contributed by atoms with Crippen molar-refractivity contribution >= 4 is 44.4 Å². The van der Waals surface area contributed by atoms with Crippen LogP contribution < -0.4 is 19.5 Å². The lowest BCUT2D eigenvalue weighted by Gasteiger charge is -2.15. The molecule has 0 aliphatic carbocycles. The van der Waals surface area contributed by atoms with E-state index in [1.807, 2.05) is 18.2 Å². The number of esters is 1. The Morgan fingerprint density at radius 2 is 1.65 bits per heavy atom. The molecule has 0 radical (unpaired) electrons. The number of amides is 1. The summed E-state index contributed by atoms with van der Waals surface area (Å²) in [7, 11) is 4.61. The molecule has 0 unspecified atom stereocenters. The molecule has 0 saturated carbocycles. The lowest BCUT2D eigenvalue weighted by molar-refractivity contribution is 0.0526. The quantitative estimate of drug-likeness (QED) is 0.257. The predicted molar refractivity (Wildman–Crippen MR) is 145 cm³/mol. The molecule has 1 amide bonds. The zero-order valence-electron chi connectivity index (χ0n) is 20.8. The van der Waals surface area contributed by atoms with Gasteiger partial charge in [0, 0.05) is 21.1 Å². The Bertz CT molecular complexity index is 1460. The Kier molecular flexibility index (Phi) is 7.93. The summed E-state index contributed by atoms with van der Waals surface area (Å²) in [5.74, 6) is 0.576. The van der Waals surface area contributed by atoms with E-state index in [2.05, 4.69) is 21.2 Å². The first-order valence-corrected chi connectivity index (χ1v) is 12.2. The van der Waals surface area contributed by atoms with Crippen LogP contribution in [0.25, 0.3) is 22.2 Å². The fraction of sp³-hybridized carbons (Fsp3) is 0.179. The van der Waals surface area contributed by atoms with Gasteiger partial charge in [0.25, 0.3) is 5.91 Å². The van der Waals surface area contributed by atoms with Crippen molar-refractivity contribution in [1.29, 1.82) is 0 Å². The van der Waals surface area contributed by atoms with E-state index in [9.17, 15) is 9.59 Å². The van der Waals surface area contributed by atoms with Crippen LogP contribution >= 0.6 is 15.9 Å². The van der Waals surface area contributed by atoms with Gasteiger partial charge >= 0.3 is 5.97 Å². The van der Waals surface area contributed by atoms with Gasteiger partial charge in [-0.1, -0.05) is 22.0 Å². The van der Waals surface area contributed by atoms with Crippen LogP contribution in [-0.4, -0.2) is 44.8 Å². The third-order valence-electron chi connectivity index (χ3n) is 5.61. The van der Waals surface area contributed by atoms with Gasteiger partial charge in [-0.2, -0.15) is 0 Å². The van der Waals surface area contributed by atoms with Crippen LogP contribution in [0.15, 0.2) is 65.1 Å². The summed E-state index contributed by atoms with van der Waals surface area (Å²) in [6.07, 6.45) is 0. The molecule has 1 aromatic heterocycles. The molecule has 0 aliphatic heterocycles. The van der Waals surface area contributed by atoms with Crippen LogP contribution in [0.4, 0.5) is 5.69 Å². The van der Waals surface area contributed by atoms with E-state index < -0.39 is 5.97 Å². The zero-order chi connectivity index (χ0) is 26.5. The Morgan fingerprint density at radius 1 is 0.919 bits per heavy atom. The van der Waals surface area contributed by atoms with Crippen molar-refractivity contribution in [2.24, 2.45) is 0 Å². The first-order chi connectivity index (χ1) is 17.9. The number of methoxy groups -OCH3 is 3. The average Bonchev–Trinajstić information content (AvgIpc) is 2.91. The first-order valence-electron chi connectivity index (χ1n) is 11.4. The number of aromatic nitrogens is 1. The fourth-order valence-electron chi connectivity index (χ4n) is 3.90. The molecule has 0 spiro atoms. The molecule has 0 aliphatic rings. The van der Waals surface area contributed by atoms with Gasteiger partial charge in [-0.15, -0.1) is 0 Å². The molecule has 3 aromatic carbocycles. The van der Waals surface area contributed by atoms with Gasteiger partial charge in [0.15, 0.2) is 11.5 Å². The molecule has 8 nitrogen and oxygen atoms in total. The molecule has 9 heteroatoms. The number of hydrogen-bond acceptors (Lipinski definition) is 7. The summed E-state index contributed by atoms with van der Waals surface area (Å²) in [5.41, 5.74) is 3.05. The summed E-state index contributed by atoms with van der Waals surface area (Å²) in [4.78, 5) is 30.5. The highest BCUT2D eigenvalue weighted by Crippen LogP contribution is 2.41. The molecular formula is C28H25BrN2O6. The molecule has 1 heterocycles. The molecule has 37 heavy (non-hydrogen) atoms. The minimum Gasteiger partial charge on any atom is -0.493 e. The number of benzene rings is 3. The number of fused-ring (bicyclic) bond motifs is 1. The van der Waals surface area contributed by atoms with Crippen LogP contribution in [-0.2, 0) is 4.74 Å². The molecule has 0 bridgehead atoms. The second-order valence-corrected chi connectivity index (χ2v) is 8.80. The van der Waals surface area contributed by atoms with Crippen molar-refractivity contribution < 1.29 is 28.5 Å². The zero-order valence-corrected chi connectivity index (χ0v) is 22.3. The lowest BCUT2D eigenvalue weighted by atomic mass is 10.0. The Balaban J connectivity index is 1.81. The van der Waals surface area contributed by atoms with Gasteiger partial charge in [0.05, 0.1) is 50.3 Å². The van der Waals surface area contributed by atoms with Crippen molar-refractivity contribution in [2.45, 2.75) is 6.92 Å². The number of hydrogen-bond donors (Lipinski definition) is 1. The SMILES string of the molecule is CCOC(=O)c1cccc(NC(=O)c2cc(-c3cc(OC)c(OC)c(OC)c3)nc3ccc(Br)cc23)c1. The topological polar surface area (TPSA) is 96.0 Å². The third kappa shape index (κ3) is 5.51. The number of halogens is 1. The monoisotopic (exact) mass is 564 g/mol. The van der Waals surface area contributed by atoms with Crippen molar-refractivity contribution in [3.8, 4) is 28.5 Å². The summed E-state index contributed by atoms with van der Waals surface area (Å²) in [6, 6.07) is 17.4. The Morgan fingerprint density at radius 3 is 2.30 bits per heavy atom. The molecule has 4 aromatic rings. The third-order valence-corrected chi connectivity index (χ3v) is 6.10. The number of carbonyl (C=O) groups is 2. The summed E-state index contributed by atoms with van der Waals surface area (Å²) >= 11 is 3.48. The normalized spacial score (nSPS) is 10.6. The highest BCUT2D eigenvalue weighted by Gasteiger charge is 2.19. The number of anilines is 1. The smallest absolute Gasteiger partial charge is 0.338 e. The molecule has 0 saturated heterocycles. The molecule has 190 valence electrons. The van der Waals surface area contributed by atoms with Crippen LogP contribution in [0.3, 0.4) is 0 Å². The van der Waals surface area contributed by atoms with Gasteiger partial charge < -0.3 is 24.3 Å². The maximum atomic E-state index is 13.5. The van der Waals surface area contributed by atoms with E-state index in [4.69, 9.17) is 23.9 Å². The standard InChI is InChI=1S/C28H25BrN2O6/c1-5-37-28(33)16-7-6-8-19(11-16)30-27(32)21-15-23(31-22-10-9-18(29)14-20(21)22)17-12-24(34-2)26(36-4)25(13-17)35-3/h6-15H,5H2,1-4H3,(H,30,32). The second-order valence-electron chi connectivity index (χ2n) is 7.89. The van der Waals surface area contributed by atoms with E-state index in [-0.39, 0.29) is 12.5 Å². The van der Waals surface area contributed by atoms with E-state index >= 15 is 0 Å². The molecular weight excluding hydrogens is 540 g/mol. The van der Waals surface area contributed by atoms with Gasteiger partial charge in [0.2, 0.25) is 5.75 Å². The molecule has 4 rings (SSSR count). The van der Waals surface area contributed by atoms with Gasteiger partial charge in [0.1, 0.15) is 0 Å². The van der Waals surface area contributed by atoms with Crippen LogP contribution in [0, 0.1) is 0 Å². The minimum absolute atomic E-state index is 0.261. The van der Waals surface area contributed by atoms with E-state index in [1.54, 1.807) is 49.4 Å². The maximum Gasteiger partial charge on any atom is 0.338 e. The van der Waals surface area contributed by atoms with Gasteiger partial charge in [-0.05, 0) is 61.5 Å². The van der Waals surface area contributed by atoms with Crippen LogP contribution in [0.1, 0.15) is 27.6 Å². The van der Waals surface area contributed by atoms with Crippen LogP contribution in [0.5, 0.6) is 17.2 Å². The maximum absolute atomic E-state index is 13.5. The summed E-state index contributed by atoms with van der Waals surface area (Å²) in [6.45, 7) is 2.00. The highest BCUT2D eigenvalue weighted by atomic mass is 79.9. The van der Waals surface area contributed by atoms with E-state index in [1.165, 1.54) is 21.3 Å². The fourth-order valence-corrected chi connectivity index (χ4v) is 4.26. The molecule has 0 fully saturated rings. The highest BCUT2D eigenvalue weighted by molar-refractivity contribution is 9.10. The van der Waals surface area contributed by atoms with E-state index in [0.717, 1.165) is 4.47 Å². The average molecular weight is 565 g/mol. The largest absolute Gasteiger partial charge is 0.493 e. The number of nitrogens with one attached hydrogen (secondary N) is 1. The molecule has 0 atom stereocenters. The van der Waals surface area contributed by atoms with Crippen molar-refractivity contribution in [2.75, 3.05) is 33.3 Å². The summed E-state index contributed by atoms with van der Waals surface area (Å²) in [5, 5.41) is 3.55. The van der Waals surface area contributed by atoms with Crippen LogP contribution in [0.2, 0.25) is 0 Å². The number of carbonyl (C=O) groups excluding carboxylic acids is 2. The van der Waals surface area contributed by atoms with Gasteiger partial charge in [-0.3, -0.25) is 4.79 Å². The van der Waals surface area contributed by atoms with E-state index in [0.29, 0.717) is 56.2 Å². The Hall–Kier alpha value is -4.11. The van der Waals surface area contributed by atoms with Gasteiger partial charge in [-0.25, -0.2) is 9.78 Å². The predicted octanol–water partition coefficient (Wildman–Crippen LogP) is 6.12. The summed E-state index contributed by atoms with van der Waals surface area (Å²) < 4.78 is 22.3. The number of ether oxygens (including phenoxy) is 4. The minimum atomic E-state index is -0.457. The second kappa shape index (κ2) is 11.3.